The molecule has 3 heterocycles. The zero-order chi connectivity index (χ0) is 34.6. The normalized spacial score (nSPS) is 11.7. The number of amides is 3. The number of ether oxygens (including phenoxy) is 1. The molecule has 4 N–H and O–H groups in total. The number of nitrogens with zero attached hydrogens (tertiary/aromatic N) is 4. The van der Waals surface area contributed by atoms with E-state index in [-0.39, 0.29) is 11.7 Å². The average Bonchev–Trinajstić information content (AvgIpc) is 3.01. The van der Waals surface area contributed by atoms with Crippen molar-refractivity contribution >= 4 is 40.2 Å². The number of carbonyl (C=O) groups is 3. The lowest BCUT2D eigenvalue weighted by Crippen LogP contribution is -2.74. The number of nitrogens with two attached hydrogens (primary N) is 1. The maximum absolute atomic E-state index is 13.4. The molecule has 4 rings (SSSR count). The van der Waals surface area contributed by atoms with Gasteiger partial charge in [0.25, 0.3) is 5.91 Å². The van der Waals surface area contributed by atoms with Crippen molar-refractivity contribution in [1.29, 1.82) is 0 Å². The Hall–Kier alpha value is -5.34. The van der Waals surface area contributed by atoms with E-state index in [1.807, 2.05) is 56.5 Å². The van der Waals surface area contributed by atoms with Gasteiger partial charge in [-0.05, 0) is 95.7 Å². The van der Waals surface area contributed by atoms with Gasteiger partial charge in [-0.3, -0.25) is 24.5 Å². The molecular formula is C36H42N7O4+. The van der Waals surface area contributed by atoms with Crippen molar-refractivity contribution in [3.63, 3.8) is 0 Å². The summed E-state index contributed by atoms with van der Waals surface area (Å²) >= 11 is 0. The van der Waals surface area contributed by atoms with Crippen LogP contribution in [0.3, 0.4) is 0 Å². The van der Waals surface area contributed by atoms with E-state index < -0.39 is 23.6 Å². The quantitative estimate of drug-likeness (QED) is 0.266. The fourth-order valence-corrected chi connectivity index (χ4v) is 5.19. The van der Waals surface area contributed by atoms with Crippen molar-refractivity contribution in [3.05, 3.63) is 76.5 Å². The highest BCUT2D eigenvalue weighted by molar-refractivity contribution is 6.02. The van der Waals surface area contributed by atoms with Crippen LogP contribution in [0.4, 0.5) is 16.3 Å². The van der Waals surface area contributed by atoms with E-state index in [1.165, 1.54) is 11.9 Å². The largest absolute Gasteiger partial charge is 0.444 e. The number of anilines is 1. The Kier molecular flexibility index (Phi) is 10.3. The summed E-state index contributed by atoms with van der Waals surface area (Å²) in [4.78, 5) is 53.9. The zero-order valence-electron chi connectivity index (χ0n) is 28.6. The van der Waals surface area contributed by atoms with Gasteiger partial charge in [-0.2, -0.15) is 0 Å². The van der Waals surface area contributed by atoms with Crippen LogP contribution in [0.25, 0.3) is 21.9 Å². The molecule has 244 valence electrons. The van der Waals surface area contributed by atoms with Crippen molar-refractivity contribution in [3.8, 4) is 23.0 Å². The summed E-state index contributed by atoms with van der Waals surface area (Å²) in [5.41, 5.74) is 5.22. The first-order valence-electron chi connectivity index (χ1n) is 15.3. The molecule has 0 aliphatic rings. The molecule has 0 radical (unpaired) electrons. The molecule has 11 heteroatoms. The number of nitrogens with one attached hydrogen (secondary N) is 2. The fraction of sp³-hybridized carbons (Fsp3) is 0.333. The Balaban J connectivity index is 1.82. The molecule has 47 heavy (non-hydrogen) atoms. The first-order chi connectivity index (χ1) is 22.1. The average molecular weight is 637 g/mol. The number of carbonyl (C=O) groups excluding carboxylic acids is 3. The summed E-state index contributed by atoms with van der Waals surface area (Å²) in [6.07, 6.45) is 1.14. The first kappa shape index (κ1) is 34.5. The van der Waals surface area contributed by atoms with Gasteiger partial charge in [-0.1, -0.05) is 12.0 Å². The molecule has 0 fully saturated rings. The summed E-state index contributed by atoms with van der Waals surface area (Å²) in [5.74, 6) is 5.86. The summed E-state index contributed by atoms with van der Waals surface area (Å²) in [6, 6.07) is 10.5. The zero-order valence-corrected chi connectivity index (χ0v) is 28.6. The van der Waals surface area contributed by atoms with Gasteiger partial charge < -0.3 is 20.7 Å². The van der Waals surface area contributed by atoms with Crippen molar-refractivity contribution < 1.29 is 24.4 Å². The second-order valence-corrected chi connectivity index (χ2v) is 12.3. The van der Waals surface area contributed by atoms with Crippen LogP contribution in [-0.4, -0.2) is 70.5 Å². The molecule has 4 aromatic rings. The minimum Gasteiger partial charge on any atom is -0.444 e. The van der Waals surface area contributed by atoms with E-state index in [0.29, 0.717) is 39.5 Å². The summed E-state index contributed by atoms with van der Waals surface area (Å²) < 4.78 is 5.44. The van der Waals surface area contributed by atoms with E-state index in [4.69, 9.17) is 4.74 Å². The lowest BCUT2D eigenvalue weighted by molar-refractivity contribution is -0.539. The van der Waals surface area contributed by atoms with E-state index in [0.717, 1.165) is 22.0 Å². The van der Waals surface area contributed by atoms with E-state index in [2.05, 4.69) is 37.4 Å². The Morgan fingerprint density at radius 3 is 2.36 bits per heavy atom. The van der Waals surface area contributed by atoms with Crippen LogP contribution in [-0.2, 0) is 9.53 Å². The highest BCUT2D eigenvalue weighted by Crippen LogP contribution is 2.33. The lowest BCUT2D eigenvalue weighted by atomic mass is 9.97. The molecule has 0 bridgehead atoms. The van der Waals surface area contributed by atoms with Gasteiger partial charge in [0.2, 0.25) is 5.91 Å². The first-order valence-corrected chi connectivity index (χ1v) is 15.3. The summed E-state index contributed by atoms with van der Waals surface area (Å²) in [5, 5.41) is 9.50. The Morgan fingerprint density at radius 2 is 1.70 bits per heavy atom. The van der Waals surface area contributed by atoms with Gasteiger partial charge in [0, 0.05) is 36.9 Å². The number of pyridine rings is 3. The highest BCUT2D eigenvalue weighted by atomic mass is 16.6. The second kappa shape index (κ2) is 14.0. The molecule has 0 aliphatic heterocycles. The van der Waals surface area contributed by atoms with Gasteiger partial charge in [-0.25, -0.2) is 9.78 Å². The predicted octanol–water partition coefficient (Wildman–Crippen LogP) is 4.40. The molecule has 0 spiro atoms. The van der Waals surface area contributed by atoms with Crippen LogP contribution in [0.2, 0.25) is 0 Å². The van der Waals surface area contributed by atoms with Crippen LogP contribution >= 0.6 is 0 Å². The van der Waals surface area contributed by atoms with Crippen molar-refractivity contribution in [2.24, 2.45) is 0 Å². The Morgan fingerprint density at radius 1 is 0.979 bits per heavy atom. The maximum Gasteiger partial charge on any atom is 0.410 e. The third kappa shape index (κ3) is 7.91. The number of quaternary nitrogens is 1. The van der Waals surface area contributed by atoms with Crippen molar-refractivity contribution in [2.75, 3.05) is 26.5 Å². The number of fused-ring (bicyclic) bond motifs is 1. The van der Waals surface area contributed by atoms with Gasteiger partial charge in [0.15, 0.2) is 5.69 Å². The van der Waals surface area contributed by atoms with Crippen LogP contribution in [0.1, 0.15) is 66.4 Å². The molecule has 3 aromatic heterocycles. The van der Waals surface area contributed by atoms with Crippen LogP contribution in [0, 0.1) is 32.6 Å². The third-order valence-corrected chi connectivity index (χ3v) is 7.65. The van der Waals surface area contributed by atoms with E-state index in [9.17, 15) is 14.4 Å². The number of aryl methyl sites for hydroxylation is 3. The summed E-state index contributed by atoms with van der Waals surface area (Å²) in [6.45, 7) is 12.5. The number of aromatic nitrogens is 3. The highest BCUT2D eigenvalue weighted by Gasteiger charge is 2.28. The molecule has 0 aliphatic carbocycles. The number of hydrogen-bond acceptors (Lipinski definition) is 7. The molecule has 0 saturated carbocycles. The SMILES string of the molecule is CNC(=O)c1c(C)nc(C)c(-c2cc(C#Cc3ccc4c(C)nccc4c3)nc(NC(=O)C(C)N(C)C(=O)OC(C)(C)C)c2)c1[NH2+]C. The number of hydrogen-bond donors (Lipinski definition) is 3. The van der Waals surface area contributed by atoms with E-state index >= 15 is 0 Å². The van der Waals surface area contributed by atoms with Crippen molar-refractivity contribution in [2.45, 2.75) is 60.1 Å². The number of rotatable bonds is 6. The monoisotopic (exact) mass is 636 g/mol. The summed E-state index contributed by atoms with van der Waals surface area (Å²) in [7, 11) is 4.94. The van der Waals surface area contributed by atoms with Crippen LogP contribution in [0.15, 0.2) is 42.6 Å². The lowest BCUT2D eigenvalue weighted by Gasteiger charge is -2.28. The Labute approximate surface area is 275 Å². The topological polar surface area (TPSA) is 143 Å². The second-order valence-electron chi connectivity index (χ2n) is 12.3. The molecule has 1 unspecified atom stereocenters. The molecular weight excluding hydrogens is 594 g/mol. The maximum atomic E-state index is 13.4. The van der Waals surface area contributed by atoms with Gasteiger partial charge >= 0.3 is 6.09 Å². The molecule has 0 saturated heterocycles. The molecule has 3 amide bonds. The van der Waals surface area contributed by atoms with E-state index in [1.54, 1.807) is 53.9 Å². The molecule has 1 atom stereocenters. The smallest absolute Gasteiger partial charge is 0.410 e. The predicted molar refractivity (Wildman–Crippen MR) is 182 cm³/mol. The van der Waals surface area contributed by atoms with Crippen molar-refractivity contribution in [1.82, 2.24) is 25.2 Å². The minimum absolute atomic E-state index is 0.227. The fourth-order valence-electron chi connectivity index (χ4n) is 5.19. The molecule has 11 nitrogen and oxygen atoms in total. The standard InChI is InChI=1S/C36H41N7O4/c1-20-28-14-12-24(17-25(28)15-16-39-20)11-13-27-18-26(30-21(2)40-22(3)31(32(30)37-8)34(45)38-9)19-29(41-27)42-33(44)23(4)43(10)35(46)47-36(5,6)7/h12,14-19,23H,1-10H3,(H,37,40)(H,38,45)(H,41,42,44)/p+1. The van der Waals surface area contributed by atoms with Gasteiger partial charge in [0.1, 0.15) is 28.7 Å². The number of likely N-dealkylation sites (N-methyl/N-ethyl adjacent to an activating group) is 1. The third-order valence-electron chi connectivity index (χ3n) is 7.65. The van der Waals surface area contributed by atoms with Gasteiger partial charge in [-0.15, -0.1) is 0 Å². The molecule has 1 aromatic carbocycles. The Bertz CT molecular complexity index is 1940. The number of benzene rings is 1. The van der Waals surface area contributed by atoms with Crippen LogP contribution < -0.4 is 16.0 Å². The van der Waals surface area contributed by atoms with Gasteiger partial charge in [0.05, 0.1) is 24.0 Å². The van der Waals surface area contributed by atoms with Crippen LogP contribution in [0.5, 0.6) is 0 Å². The minimum atomic E-state index is -0.873.